The third-order valence-corrected chi connectivity index (χ3v) is 5.23. The zero-order valence-corrected chi connectivity index (χ0v) is 18.7. The van der Waals surface area contributed by atoms with E-state index in [-0.39, 0.29) is 18.0 Å². The summed E-state index contributed by atoms with van der Waals surface area (Å²) in [6.07, 6.45) is 0.975. The van der Waals surface area contributed by atoms with Crippen molar-refractivity contribution >= 4 is 11.9 Å². The zero-order chi connectivity index (χ0) is 24.6. The van der Waals surface area contributed by atoms with Crippen molar-refractivity contribution in [3.05, 3.63) is 102 Å². The average Bonchev–Trinajstić information content (AvgIpc) is 3.35. The van der Waals surface area contributed by atoms with E-state index in [1.54, 1.807) is 18.2 Å². The topological polar surface area (TPSA) is 119 Å². The number of hydrogen-bond acceptors (Lipinski definition) is 6. The number of carboxylic acid groups (broad SMARTS) is 2. The molecule has 2 N–H and O–H groups in total. The molecule has 0 bridgehead atoms. The highest BCUT2D eigenvalue weighted by Crippen LogP contribution is 2.34. The number of benzene rings is 3. The second-order valence-corrected chi connectivity index (χ2v) is 7.79. The van der Waals surface area contributed by atoms with Gasteiger partial charge in [0.05, 0.1) is 5.69 Å². The van der Waals surface area contributed by atoms with Crippen LogP contribution in [-0.4, -0.2) is 27.1 Å². The maximum atomic E-state index is 11.2. The lowest BCUT2D eigenvalue weighted by Crippen LogP contribution is -2.25. The van der Waals surface area contributed by atoms with Gasteiger partial charge in [-0.1, -0.05) is 60.7 Å². The van der Waals surface area contributed by atoms with Gasteiger partial charge in [-0.15, -0.1) is 0 Å². The molecule has 4 aromatic rings. The van der Waals surface area contributed by atoms with Crippen molar-refractivity contribution in [1.82, 2.24) is 4.98 Å². The average molecular weight is 473 g/mol. The monoisotopic (exact) mass is 473 g/mol. The number of carboxylic acids is 2. The molecular weight excluding hydrogens is 450 g/mol. The first-order chi connectivity index (χ1) is 17.0. The summed E-state index contributed by atoms with van der Waals surface area (Å²) < 4.78 is 17.6. The van der Waals surface area contributed by atoms with Gasteiger partial charge in [0, 0.05) is 12.0 Å². The Kier molecular flexibility index (Phi) is 7.42. The molecule has 1 aromatic heterocycles. The standard InChI is InChI=1S/C27H23NO7/c29-26(30)22(27(31)32)14-21-17-35-25(28-21)20-11-12-23(33-15-18-7-3-1-4-8-18)24(13-20)34-16-19-9-5-2-6-10-19/h1-13,17,22H,14-16H2,(H,29,30)(H,31,32). The van der Waals surface area contributed by atoms with E-state index in [1.165, 1.54) is 6.26 Å². The van der Waals surface area contributed by atoms with Crippen LogP contribution in [0.5, 0.6) is 11.5 Å². The van der Waals surface area contributed by atoms with Gasteiger partial charge in [-0.2, -0.15) is 0 Å². The molecule has 4 rings (SSSR count). The molecule has 0 aliphatic heterocycles. The van der Waals surface area contributed by atoms with Crippen LogP contribution in [0.15, 0.2) is 89.5 Å². The predicted octanol–water partition coefficient (Wildman–Crippen LogP) is 4.83. The van der Waals surface area contributed by atoms with Crippen LogP contribution in [0, 0.1) is 5.92 Å². The van der Waals surface area contributed by atoms with Crippen molar-refractivity contribution in [2.75, 3.05) is 0 Å². The molecule has 8 heteroatoms. The maximum Gasteiger partial charge on any atom is 0.318 e. The minimum absolute atomic E-state index is 0.216. The first-order valence-corrected chi connectivity index (χ1v) is 10.9. The minimum Gasteiger partial charge on any atom is -0.485 e. The van der Waals surface area contributed by atoms with E-state index >= 15 is 0 Å². The fraction of sp³-hybridized carbons (Fsp3) is 0.148. The molecular formula is C27H23NO7. The Labute approximate surface area is 201 Å². The van der Waals surface area contributed by atoms with Crippen LogP contribution in [0.3, 0.4) is 0 Å². The lowest BCUT2D eigenvalue weighted by molar-refractivity contribution is -0.154. The Hall–Kier alpha value is -4.59. The summed E-state index contributed by atoms with van der Waals surface area (Å²) >= 11 is 0. The fourth-order valence-electron chi connectivity index (χ4n) is 3.37. The Morgan fingerprint density at radius 3 is 1.94 bits per heavy atom. The van der Waals surface area contributed by atoms with Gasteiger partial charge >= 0.3 is 11.9 Å². The van der Waals surface area contributed by atoms with E-state index in [0.717, 1.165) is 11.1 Å². The zero-order valence-electron chi connectivity index (χ0n) is 18.7. The van der Waals surface area contributed by atoms with Crippen LogP contribution in [-0.2, 0) is 29.2 Å². The second-order valence-electron chi connectivity index (χ2n) is 7.79. The van der Waals surface area contributed by atoms with E-state index in [9.17, 15) is 9.59 Å². The third-order valence-electron chi connectivity index (χ3n) is 5.23. The van der Waals surface area contributed by atoms with Gasteiger partial charge in [-0.05, 0) is 29.3 Å². The van der Waals surface area contributed by atoms with Crippen LogP contribution >= 0.6 is 0 Å². The van der Waals surface area contributed by atoms with E-state index in [1.807, 2.05) is 60.7 Å². The maximum absolute atomic E-state index is 11.2. The number of nitrogens with zero attached hydrogens (tertiary/aromatic N) is 1. The quantitative estimate of drug-likeness (QED) is 0.297. The number of aliphatic carboxylic acids is 2. The van der Waals surface area contributed by atoms with Crippen LogP contribution in [0.25, 0.3) is 11.5 Å². The Bertz CT molecular complexity index is 1270. The normalized spacial score (nSPS) is 10.8. The number of aromatic nitrogens is 1. The van der Waals surface area contributed by atoms with E-state index in [2.05, 4.69) is 4.98 Å². The smallest absolute Gasteiger partial charge is 0.318 e. The summed E-state index contributed by atoms with van der Waals surface area (Å²) in [7, 11) is 0. The predicted molar refractivity (Wildman–Crippen MR) is 126 cm³/mol. The van der Waals surface area contributed by atoms with Crippen molar-refractivity contribution in [1.29, 1.82) is 0 Å². The first-order valence-electron chi connectivity index (χ1n) is 10.9. The summed E-state index contributed by atoms with van der Waals surface area (Å²) in [5.74, 6) is -3.23. The second kappa shape index (κ2) is 11.0. The molecule has 0 amide bonds. The van der Waals surface area contributed by atoms with Gasteiger partial charge in [0.2, 0.25) is 5.89 Å². The first kappa shape index (κ1) is 23.6. The highest BCUT2D eigenvalue weighted by Gasteiger charge is 2.27. The highest BCUT2D eigenvalue weighted by atomic mass is 16.5. The van der Waals surface area contributed by atoms with Crippen LogP contribution in [0.2, 0.25) is 0 Å². The molecule has 0 saturated heterocycles. The van der Waals surface area contributed by atoms with Crippen LogP contribution < -0.4 is 9.47 Å². The van der Waals surface area contributed by atoms with Crippen LogP contribution in [0.1, 0.15) is 16.8 Å². The molecule has 0 aliphatic rings. The molecule has 0 fully saturated rings. The number of carbonyl (C=O) groups is 2. The van der Waals surface area contributed by atoms with Crippen molar-refractivity contribution in [3.8, 4) is 23.0 Å². The lowest BCUT2D eigenvalue weighted by atomic mass is 10.0. The van der Waals surface area contributed by atoms with Crippen molar-refractivity contribution in [2.24, 2.45) is 5.92 Å². The van der Waals surface area contributed by atoms with Gasteiger partial charge < -0.3 is 24.1 Å². The van der Waals surface area contributed by atoms with Crippen molar-refractivity contribution in [2.45, 2.75) is 19.6 Å². The molecule has 8 nitrogen and oxygen atoms in total. The Balaban J connectivity index is 1.56. The highest BCUT2D eigenvalue weighted by molar-refractivity contribution is 5.93. The molecule has 3 aromatic carbocycles. The molecule has 35 heavy (non-hydrogen) atoms. The summed E-state index contributed by atoms with van der Waals surface area (Å²) in [6.45, 7) is 0.679. The summed E-state index contributed by atoms with van der Waals surface area (Å²) in [4.78, 5) is 26.7. The van der Waals surface area contributed by atoms with Crippen LogP contribution in [0.4, 0.5) is 0 Å². The van der Waals surface area contributed by atoms with Gasteiger partial charge in [0.1, 0.15) is 19.5 Å². The molecule has 0 radical (unpaired) electrons. The minimum atomic E-state index is -1.61. The molecule has 0 aliphatic carbocycles. The Morgan fingerprint density at radius 1 is 0.800 bits per heavy atom. The van der Waals surface area contributed by atoms with E-state index in [0.29, 0.717) is 30.3 Å². The molecule has 0 spiro atoms. The summed E-state index contributed by atoms with van der Waals surface area (Å²) in [5.41, 5.74) is 2.80. The van der Waals surface area contributed by atoms with Gasteiger partial charge in [0.25, 0.3) is 0 Å². The molecule has 0 unspecified atom stereocenters. The van der Waals surface area contributed by atoms with Gasteiger partial charge in [0.15, 0.2) is 17.4 Å². The number of oxazole rings is 1. The van der Waals surface area contributed by atoms with Crippen molar-refractivity contribution < 1.29 is 33.7 Å². The molecule has 178 valence electrons. The molecule has 0 atom stereocenters. The van der Waals surface area contributed by atoms with E-state index in [4.69, 9.17) is 24.1 Å². The Morgan fingerprint density at radius 2 is 1.37 bits per heavy atom. The summed E-state index contributed by atoms with van der Waals surface area (Å²) in [6, 6.07) is 24.7. The number of rotatable bonds is 11. The number of hydrogen-bond donors (Lipinski definition) is 2. The summed E-state index contributed by atoms with van der Waals surface area (Å²) in [5, 5.41) is 18.2. The molecule has 1 heterocycles. The number of ether oxygens (including phenoxy) is 2. The van der Waals surface area contributed by atoms with E-state index < -0.39 is 17.9 Å². The van der Waals surface area contributed by atoms with Crippen molar-refractivity contribution in [3.63, 3.8) is 0 Å². The third kappa shape index (κ3) is 6.26. The fourth-order valence-corrected chi connectivity index (χ4v) is 3.37. The van der Waals surface area contributed by atoms with Gasteiger partial charge in [-0.25, -0.2) is 4.98 Å². The SMILES string of the molecule is O=C(O)C(Cc1coc(-c2ccc(OCc3ccccc3)c(OCc3ccccc3)c2)n1)C(=O)O. The van der Waals surface area contributed by atoms with Gasteiger partial charge in [-0.3, -0.25) is 9.59 Å². The molecule has 0 saturated carbocycles. The largest absolute Gasteiger partial charge is 0.485 e. The lowest BCUT2D eigenvalue weighted by Gasteiger charge is -2.14.